The molecule has 0 spiro atoms. The largest absolute Gasteiger partial charge is 0.309 e. The van der Waals surface area contributed by atoms with Crippen LogP contribution in [-0.4, -0.2) is 24.1 Å². The fourth-order valence-corrected chi connectivity index (χ4v) is 9.29. The van der Waals surface area contributed by atoms with E-state index in [9.17, 15) is 0 Å². The van der Waals surface area contributed by atoms with Crippen molar-refractivity contribution in [2.75, 3.05) is 0 Å². The van der Waals surface area contributed by atoms with Crippen molar-refractivity contribution in [3.8, 4) is 56.4 Å². The van der Waals surface area contributed by atoms with Gasteiger partial charge in [-0.25, -0.2) is 15.0 Å². The monoisotopic (exact) mass is 793 g/mol. The zero-order valence-electron chi connectivity index (χ0n) is 33.9. The van der Waals surface area contributed by atoms with Gasteiger partial charge in [-0.1, -0.05) is 146 Å². The summed E-state index contributed by atoms with van der Waals surface area (Å²) in [6.07, 6.45) is 8.29. The van der Waals surface area contributed by atoms with E-state index in [4.69, 9.17) is 15.0 Å². The van der Waals surface area contributed by atoms with Crippen molar-refractivity contribution in [1.29, 1.82) is 0 Å². The number of hydrogen-bond acceptors (Lipinski definition) is 3. The molecule has 0 fully saturated rings. The third kappa shape index (κ3) is 6.05. The molecule has 0 radical (unpaired) electrons. The molecule has 292 valence electrons. The van der Waals surface area contributed by atoms with Crippen molar-refractivity contribution in [1.82, 2.24) is 24.1 Å². The van der Waals surface area contributed by atoms with E-state index in [1.165, 1.54) is 43.7 Å². The Morgan fingerprint density at radius 1 is 0.371 bits per heavy atom. The standard InChI is InChI=1S/C57H39N5/c1-5-17-38(18-6-1)47-37-43(57-59-55(39-19-7-2-8-20-39)58-56(60-57)40-21-9-3-10-22-40)31-34-52(47)62-51-28-16-14-26-46(51)49-36-42(30-33-54(49)62)41-29-32-53-48(35-41)45-25-13-15-27-50(45)61(53)44-23-11-4-12-24-44/h1-9,11-21,23-37H,10,22H2. The highest BCUT2D eigenvalue weighted by molar-refractivity contribution is 6.13. The van der Waals surface area contributed by atoms with Gasteiger partial charge in [0.2, 0.25) is 0 Å². The smallest absolute Gasteiger partial charge is 0.164 e. The molecule has 5 heteroatoms. The molecule has 0 amide bonds. The normalized spacial score (nSPS) is 12.7. The van der Waals surface area contributed by atoms with E-state index in [-0.39, 0.29) is 0 Å². The number of para-hydroxylation sites is 3. The van der Waals surface area contributed by atoms with Gasteiger partial charge in [0.15, 0.2) is 17.5 Å². The van der Waals surface area contributed by atoms with E-state index >= 15 is 0 Å². The molecular weight excluding hydrogens is 755 g/mol. The van der Waals surface area contributed by atoms with E-state index in [0.29, 0.717) is 11.6 Å². The van der Waals surface area contributed by atoms with Crippen LogP contribution in [0.4, 0.5) is 0 Å². The van der Waals surface area contributed by atoms with Crippen LogP contribution in [0.15, 0.2) is 212 Å². The van der Waals surface area contributed by atoms with Crippen LogP contribution in [0, 0.1) is 0 Å². The van der Waals surface area contributed by atoms with Crippen molar-refractivity contribution in [2.24, 2.45) is 0 Å². The van der Waals surface area contributed by atoms with Gasteiger partial charge in [-0.3, -0.25) is 0 Å². The Labute approximate surface area is 359 Å². The third-order valence-corrected chi connectivity index (χ3v) is 12.2. The number of hydrogen-bond donors (Lipinski definition) is 0. The summed E-state index contributed by atoms with van der Waals surface area (Å²) < 4.78 is 4.79. The highest BCUT2D eigenvalue weighted by atomic mass is 15.0. The predicted molar refractivity (Wildman–Crippen MR) is 257 cm³/mol. The average molecular weight is 794 g/mol. The summed E-state index contributed by atoms with van der Waals surface area (Å²) in [7, 11) is 0. The minimum absolute atomic E-state index is 0.656. The van der Waals surface area contributed by atoms with Crippen LogP contribution in [0.25, 0.3) is 106 Å². The molecule has 0 N–H and O–H groups in total. The molecule has 0 bridgehead atoms. The number of aromatic nitrogens is 5. The van der Waals surface area contributed by atoms with Crippen LogP contribution in [0.3, 0.4) is 0 Å². The van der Waals surface area contributed by atoms with Crippen LogP contribution in [0.2, 0.25) is 0 Å². The van der Waals surface area contributed by atoms with E-state index in [1.54, 1.807) is 0 Å². The van der Waals surface area contributed by atoms with Crippen molar-refractivity contribution in [3.63, 3.8) is 0 Å². The molecule has 0 unspecified atom stereocenters. The van der Waals surface area contributed by atoms with Crippen molar-refractivity contribution < 1.29 is 0 Å². The zero-order valence-corrected chi connectivity index (χ0v) is 33.9. The van der Waals surface area contributed by atoms with Gasteiger partial charge < -0.3 is 9.13 Å². The van der Waals surface area contributed by atoms with Crippen LogP contribution < -0.4 is 0 Å². The summed E-state index contributed by atoms with van der Waals surface area (Å²) in [5.74, 6) is 2.05. The summed E-state index contributed by atoms with van der Waals surface area (Å²) in [4.78, 5) is 15.3. The van der Waals surface area contributed by atoms with Gasteiger partial charge in [-0.2, -0.15) is 0 Å². The van der Waals surface area contributed by atoms with Crippen molar-refractivity contribution in [3.05, 3.63) is 218 Å². The summed E-state index contributed by atoms with van der Waals surface area (Å²) in [6.45, 7) is 0. The molecule has 11 aromatic rings. The Kier molecular flexibility index (Phi) is 8.56. The molecule has 12 rings (SSSR count). The number of rotatable bonds is 7. The first-order chi connectivity index (χ1) is 30.7. The van der Waals surface area contributed by atoms with Gasteiger partial charge in [0, 0.05) is 43.9 Å². The van der Waals surface area contributed by atoms with Crippen LogP contribution in [0.1, 0.15) is 18.7 Å². The minimum atomic E-state index is 0.656. The van der Waals surface area contributed by atoms with Gasteiger partial charge in [-0.05, 0) is 102 Å². The summed E-state index contributed by atoms with van der Waals surface area (Å²) >= 11 is 0. The second-order valence-corrected chi connectivity index (χ2v) is 15.9. The number of fused-ring (bicyclic) bond motifs is 6. The molecular formula is C57H39N5. The molecule has 0 saturated carbocycles. The highest BCUT2D eigenvalue weighted by Crippen LogP contribution is 2.41. The quantitative estimate of drug-likeness (QED) is 0.161. The molecule has 3 heterocycles. The maximum Gasteiger partial charge on any atom is 0.164 e. The van der Waals surface area contributed by atoms with E-state index in [2.05, 4.69) is 203 Å². The van der Waals surface area contributed by atoms with Crippen molar-refractivity contribution >= 4 is 49.2 Å². The molecule has 62 heavy (non-hydrogen) atoms. The van der Waals surface area contributed by atoms with Gasteiger partial charge >= 0.3 is 0 Å². The summed E-state index contributed by atoms with van der Waals surface area (Å²) in [5.41, 5.74) is 14.6. The van der Waals surface area contributed by atoms with Crippen LogP contribution >= 0.6 is 0 Å². The van der Waals surface area contributed by atoms with Crippen molar-refractivity contribution in [2.45, 2.75) is 12.8 Å². The molecule has 0 atom stereocenters. The first-order valence-electron chi connectivity index (χ1n) is 21.3. The zero-order chi connectivity index (χ0) is 41.0. The second kappa shape index (κ2) is 14.8. The Balaban J connectivity index is 1.02. The topological polar surface area (TPSA) is 48.5 Å². The Morgan fingerprint density at radius 3 is 1.53 bits per heavy atom. The maximum atomic E-state index is 5.14. The Bertz CT molecular complexity index is 3560. The molecule has 5 nitrogen and oxygen atoms in total. The highest BCUT2D eigenvalue weighted by Gasteiger charge is 2.20. The number of allylic oxidation sites excluding steroid dienone is 4. The third-order valence-electron chi connectivity index (χ3n) is 12.2. The lowest BCUT2D eigenvalue weighted by atomic mass is 9.99. The first-order valence-corrected chi connectivity index (χ1v) is 21.3. The van der Waals surface area contributed by atoms with Gasteiger partial charge in [0.1, 0.15) is 0 Å². The summed E-state index contributed by atoms with van der Waals surface area (Å²) in [5, 5.41) is 4.90. The molecule has 1 aliphatic carbocycles. The molecule has 0 aliphatic heterocycles. The number of nitrogens with zero attached hydrogens (tertiary/aromatic N) is 5. The Morgan fingerprint density at radius 2 is 0.887 bits per heavy atom. The lowest BCUT2D eigenvalue weighted by Crippen LogP contribution is -2.04. The first kappa shape index (κ1) is 35.8. The summed E-state index contributed by atoms with van der Waals surface area (Å²) in [6, 6.07) is 69.5. The fraction of sp³-hybridized carbons (Fsp3) is 0.0351. The van der Waals surface area contributed by atoms with Gasteiger partial charge in [0.25, 0.3) is 0 Å². The van der Waals surface area contributed by atoms with Gasteiger partial charge in [-0.15, -0.1) is 0 Å². The molecule has 0 saturated heterocycles. The molecule has 3 aromatic heterocycles. The predicted octanol–water partition coefficient (Wildman–Crippen LogP) is 14.5. The lowest BCUT2D eigenvalue weighted by molar-refractivity contribution is 0.978. The van der Waals surface area contributed by atoms with Gasteiger partial charge in [0.05, 0.1) is 27.8 Å². The SMILES string of the molecule is C1=CCCC(c2nc(-c3ccccc3)nc(-c3ccc(-n4c5ccccc5c5cc(-c6ccc7c(c6)c6ccccc6n7-c6ccccc6)ccc54)c(-c4ccccc4)c3)n2)=C1. The van der Waals surface area contributed by atoms with E-state index < -0.39 is 0 Å². The number of benzene rings is 8. The maximum absolute atomic E-state index is 5.14. The van der Waals surface area contributed by atoms with E-state index in [0.717, 1.165) is 68.9 Å². The Hall–Kier alpha value is -8.15. The average Bonchev–Trinajstić information content (AvgIpc) is 3.87. The minimum Gasteiger partial charge on any atom is -0.309 e. The fourth-order valence-electron chi connectivity index (χ4n) is 9.29. The van der Waals surface area contributed by atoms with Crippen LogP contribution in [0.5, 0.6) is 0 Å². The second-order valence-electron chi connectivity index (χ2n) is 15.9. The molecule has 1 aliphatic rings. The van der Waals surface area contributed by atoms with E-state index in [1.807, 2.05) is 18.2 Å². The molecule has 8 aromatic carbocycles. The lowest BCUT2D eigenvalue weighted by Gasteiger charge is -2.16. The van der Waals surface area contributed by atoms with Crippen LogP contribution in [-0.2, 0) is 0 Å².